The van der Waals surface area contributed by atoms with Crippen molar-refractivity contribution in [1.29, 1.82) is 0 Å². The smallest absolute Gasteiger partial charge is 0.337 e. The molecule has 9 nitrogen and oxygen atoms in total. The first-order valence-corrected chi connectivity index (χ1v) is 10.5. The number of rotatable bonds is 5. The molecule has 9 heteroatoms. The van der Waals surface area contributed by atoms with Crippen LogP contribution >= 0.6 is 0 Å². The molecule has 2 atom stereocenters. The summed E-state index contributed by atoms with van der Waals surface area (Å²) in [6.45, 7) is 4.92. The van der Waals surface area contributed by atoms with Crippen LogP contribution in [0.3, 0.4) is 0 Å². The minimum Gasteiger partial charge on any atom is -0.463 e. The summed E-state index contributed by atoms with van der Waals surface area (Å²) < 4.78 is 5.10. The summed E-state index contributed by atoms with van der Waals surface area (Å²) in [6, 6.07) is 4.17. The van der Waals surface area contributed by atoms with Gasteiger partial charge >= 0.3 is 18.0 Å². The number of hydrogen-bond acceptors (Lipinski definition) is 5. The van der Waals surface area contributed by atoms with Gasteiger partial charge in [-0.2, -0.15) is 0 Å². The van der Waals surface area contributed by atoms with Crippen LogP contribution < -0.4 is 16.0 Å². The van der Waals surface area contributed by atoms with E-state index >= 15 is 0 Å². The Balaban J connectivity index is 1.65. The lowest BCUT2D eigenvalue weighted by molar-refractivity contribution is -0.139. The molecule has 3 N–H and O–H groups in total. The quantitative estimate of drug-likeness (QED) is 0.487. The van der Waals surface area contributed by atoms with Gasteiger partial charge in [0.25, 0.3) is 5.91 Å². The van der Waals surface area contributed by atoms with Gasteiger partial charge in [-0.15, -0.1) is 0 Å². The number of benzene rings is 1. The fourth-order valence-electron chi connectivity index (χ4n) is 4.48. The van der Waals surface area contributed by atoms with Crippen molar-refractivity contribution in [2.75, 3.05) is 13.2 Å². The number of amides is 5. The lowest BCUT2D eigenvalue weighted by Crippen LogP contribution is -2.52. The van der Waals surface area contributed by atoms with Gasteiger partial charge in [0.15, 0.2) is 0 Å². The van der Waals surface area contributed by atoms with E-state index in [9.17, 15) is 19.2 Å². The highest BCUT2D eigenvalue weighted by Crippen LogP contribution is 2.33. The highest BCUT2D eigenvalue weighted by atomic mass is 16.5. The maximum Gasteiger partial charge on any atom is 0.337 e. The van der Waals surface area contributed by atoms with E-state index in [1.807, 2.05) is 18.2 Å². The van der Waals surface area contributed by atoms with Crippen molar-refractivity contribution in [3.05, 3.63) is 46.2 Å². The summed E-state index contributed by atoms with van der Waals surface area (Å²) in [5, 5.41) is 7.95. The minimum absolute atomic E-state index is 0.163. The monoisotopic (exact) mass is 426 g/mol. The lowest BCUT2D eigenvalue weighted by atomic mass is 9.89. The molecule has 2 heterocycles. The number of aryl methyl sites for hydroxylation is 2. The standard InChI is InChI=1S/C22H26N4O5/c1-4-31-18(27)17-12(2)23-20(29)24-16(17)11-26-19(28)22(3,25-21(26)30)15-9-8-13-6-5-7-14(13)10-15/h8-10,12H,4-7,11H2,1-3H3,(H,25,30)(H2,23,24,29). The molecule has 4 rings (SSSR count). The Morgan fingerprint density at radius 3 is 2.71 bits per heavy atom. The molecular weight excluding hydrogens is 400 g/mol. The third-order valence-corrected chi connectivity index (χ3v) is 6.13. The molecule has 1 aromatic carbocycles. The summed E-state index contributed by atoms with van der Waals surface area (Å²) in [7, 11) is 0. The molecule has 31 heavy (non-hydrogen) atoms. The Bertz CT molecular complexity index is 1020. The van der Waals surface area contributed by atoms with Gasteiger partial charge in [0.1, 0.15) is 5.54 Å². The molecule has 0 spiro atoms. The van der Waals surface area contributed by atoms with Crippen LogP contribution in [0.5, 0.6) is 0 Å². The Kier molecular flexibility index (Phi) is 5.20. The number of carbonyl (C=O) groups is 4. The summed E-state index contributed by atoms with van der Waals surface area (Å²) in [4.78, 5) is 51.6. The Labute approximate surface area is 180 Å². The van der Waals surface area contributed by atoms with Gasteiger partial charge in [-0.25, -0.2) is 14.4 Å². The Morgan fingerprint density at radius 2 is 1.97 bits per heavy atom. The molecule has 164 valence electrons. The van der Waals surface area contributed by atoms with Crippen molar-refractivity contribution in [1.82, 2.24) is 20.9 Å². The highest BCUT2D eigenvalue weighted by molar-refractivity contribution is 6.07. The van der Waals surface area contributed by atoms with Crippen LogP contribution in [0.1, 0.15) is 43.9 Å². The Hall–Kier alpha value is -3.36. The molecule has 3 aliphatic rings. The van der Waals surface area contributed by atoms with E-state index in [2.05, 4.69) is 16.0 Å². The van der Waals surface area contributed by atoms with Crippen LogP contribution in [-0.2, 0) is 32.7 Å². The predicted octanol–water partition coefficient (Wildman–Crippen LogP) is 1.46. The number of esters is 1. The molecule has 1 aliphatic carbocycles. The van der Waals surface area contributed by atoms with E-state index in [1.165, 1.54) is 11.1 Å². The maximum absolute atomic E-state index is 13.4. The second-order valence-electron chi connectivity index (χ2n) is 8.22. The first kappa shape index (κ1) is 20.9. The predicted molar refractivity (Wildman–Crippen MR) is 111 cm³/mol. The summed E-state index contributed by atoms with van der Waals surface area (Å²) >= 11 is 0. The molecule has 1 fully saturated rings. The second kappa shape index (κ2) is 7.72. The van der Waals surface area contributed by atoms with Gasteiger partial charge in [0.05, 0.1) is 30.5 Å². The molecule has 0 bridgehead atoms. The van der Waals surface area contributed by atoms with Crippen LogP contribution in [0.25, 0.3) is 0 Å². The van der Waals surface area contributed by atoms with Gasteiger partial charge in [-0.1, -0.05) is 18.2 Å². The topological polar surface area (TPSA) is 117 Å². The van der Waals surface area contributed by atoms with Gasteiger partial charge in [-0.3, -0.25) is 9.69 Å². The van der Waals surface area contributed by atoms with Crippen molar-refractivity contribution in [3.63, 3.8) is 0 Å². The molecule has 0 aromatic heterocycles. The van der Waals surface area contributed by atoms with Crippen LogP contribution in [0.4, 0.5) is 9.59 Å². The SMILES string of the molecule is CCOC(=O)C1=C(CN2C(=O)NC(C)(c3ccc4c(c3)CCC4)C2=O)NC(=O)NC1C. The number of nitrogens with one attached hydrogen (secondary N) is 3. The maximum atomic E-state index is 13.4. The van der Waals surface area contributed by atoms with Crippen LogP contribution in [0.15, 0.2) is 29.5 Å². The van der Waals surface area contributed by atoms with E-state index in [1.54, 1.807) is 20.8 Å². The number of fused-ring (bicyclic) bond motifs is 1. The number of urea groups is 2. The van der Waals surface area contributed by atoms with Crippen molar-refractivity contribution in [3.8, 4) is 0 Å². The normalized spacial score (nSPS) is 25.2. The average Bonchev–Trinajstić information content (AvgIpc) is 3.26. The number of nitrogens with zero attached hydrogens (tertiary/aromatic N) is 1. The van der Waals surface area contributed by atoms with Crippen molar-refractivity contribution in [2.45, 2.75) is 51.6 Å². The molecule has 2 unspecified atom stereocenters. The molecule has 1 aromatic rings. The van der Waals surface area contributed by atoms with Crippen molar-refractivity contribution in [2.24, 2.45) is 0 Å². The van der Waals surface area contributed by atoms with Crippen LogP contribution in [-0.4, -0.2) is 48.0 Å². The third kappa shape index (κ3) is 3.54. The molecule has 0 radical (unpaired) electrons. The molecule has 2 aliphatic heterocycles. The average molecular weight is 426 g/mol. The van der Waals surface area contributed by atoms with E-state index < -0.39 is 35.5 Å². The Morgan fingerprint density at radius 1 is 1.23 bits per heavy atom. The number of ether oxygens (including phenoxy) is 1. The summed E-state index contributed by atoms with van der Waals surface area (Å²) in [6.07, 6.45) is 3.06. The second-order valence-corrected chi connectivity index (χ2v) is 8.22. The first-order valence-electron chi connectivity index (χ1n) is 10.5. The first-order chi connectivity index (χ1) is 14.7. The van der Waals surface area contributed by atoms with Crippen LogP contribution in [0.2, 0.25) is 0 Å². The molecule has 5 amide bonds. The van der Waals surface area contributed by atoms with E-state index in [0.29, 0.717) is 0 Å². The highest BCUT2D eigenvalue weighted by Gasteiger charge is 2.50. The minimum atomic E-state index is -1.22. The molecule has 0 saturated carbocycles. The van der Waals surface area contributed by atoms with Gasteiger partial charge in [0.2, 0.25) is 0 Å². The van der Waals surface area contributed by atoms with E-state index in [-0.39, 0.29) is 24.4 Å². The number of carbonyl (C=O) groups excluding carboxylic acids is 4. The van der Waals surface area contributed by atoms with Gasteiger partial charge in [-0.05, 0) is 56.7 Å². The number of imide groups is 1. The summed E-state index contributed by atoms with van der Waals surface area (Å²) in [5.74, 6) is -1.04. The summed E-state index contributed by atoms with van der Waals surface area (Å²) in [5.41, 5.74) is 2.34. The largest absolute Gasteiger partial charge is 0.463 e. The molecule has 1 saturated heterocycles. The van der Waals surface area contributed by atoms with Gasteiger partial charge in [0, 0.05) is 0 Å². The van der Waals surface area contributed by atoms with Gasteiger partial charge < -0.3 is 20.7 Å². The molecular formula is C22H26N4O5. The van der Waals surface area contributed by atoms with Crippen molar-refractivity contribution < 1.29 is 23.9 Å². The van der Waals surface area contributed by atoms with E-state index in [4.69, 9.17) is 4.74 Å². The zero-order valence-corrected chi connectivity index (χ0v) is 17.8. The zero-order valence-electron chi connectivity index (χ0n) is 17.8. The third-order valence-electron chi connectivity index (χ3n) is 6.13. The number of hydrogen-bond donors (Lipinski definition) is 3. The van der Waals surface area contributed by atoms with Crippen molar-refractivity contribution >= 4 is 23.9 Å². The van der Waals surface area contributed by atoms with Crippen LogP contribution in [0, 0.1) is 0 Å². The van der Waals surface area contributed by atoms with E-state index in [0.717, 1.165) is 29.7 Å². The lowest BCUT2D eigenvalue weighted by Gasteiger charge is -2.28. The fraction of sp³-hybridized carbons (Fsp3) is 0.455. The zero-order chi connectivity index (χ0) is 22.3. The fourth-order valence-corrected chi connectivity index (χ4v) is 4.48.